The van der Waals surface area contributed by atoms with Crippen LogP contribution >= 0.6 is 11.6 Å². The van der Waals surface area contributed by atoms with Crippen LogP contribution in [0.25, 0.3) is 0 Å². The van der Waals surface area contributed by atoms with Gasteiger partial charge in [-0.3, -0.25) is 4.79 Å². The van der Waals surface area contributed by atoms with E-state index in [4.69, 9.17) is 16.7 Å². The Bertz CT molecular complexity index is 437. The first-order chi connectivity index (χ1) is 7.79. The molecule has 94 valence electrons. The molecule has 1 aromatic rings. The second-order valence-electron chi connectivity index (χ2n) is 4.33. The fourth-order valence-corrected chi connectivity index (χ4v) is 1.32. The zero-order valence-electron chi connectivity index (χ0n) is 9.87. The molecule has 1 amide bonds. The summed E-state index contributed by atoms with van der Waals surface area (Å²) in [6.45, 7) is 3.16. The van der Waals surface area contributed by atoms with E-state index in [0.29, 0.717) is 0 Å². The molecule has 4 nitrogen and oxygen atoms in total. The summed E-state index contributed by atoms with van der Waals surface area (Å²) in [4.78, 5) is 16.9. The Hall–Kier alpha value is -1.20. The van der Waals surface area contributed by atoms with Gasteiger partial charge in [0.1, 0.15) is 11.0 Å². The Morgan fingerprint density at radius 3 is 2.76 bits per heavy atom. The van der Waals surface area contributed by atoms with E-state index in [9.17, 15) is 9.18 Å². The summed E-state index contributed by atoms with van der Waals surface area (Å²) in [5.41, 5.74) is -0.775. The topological polar surface area (TPSA) is 53.4 Å². The Morgan fingerprint density at radius 2 is 2.24 bits per heavy atom. The molecule has 1 rings (SSSR count). The van der Waals surface area contributed by atoms with Gasteiger partial charge >= 0.3 is 0 Å². The summed E-state index contributed by atoms with van der Waals surface area (Å²) in [6, 6.07) is 1.03. The van der Waals surface area contributed by atoms with Crippen molar-refractivity contribution in [3.05, 3.63) is 28.8 Å². The number of rotatable bonds is 3. The second-order valence-corrected chi connectivity index (χ2v) is 4.68. The molecule has 6 heteroatoms. The van der Waals surface area contributed by atoms with Crippen LogP contribution in [-0.4, -0.2) is 40.1 Å². The summed E-state index contributed by atoms with van der Waals surface area (Å²) < 4.78 is 13.0. The monoisotopic (exact) mass is 260 g/mol. The van der Waals surface area contributed by atoms with Gasteiger partial charge in [-0.2, -0.15) is 0 Å². The van der Waals surface area contributed by atoms with Crippen LogP contribution in [0, 0.1) is 5.82 Å². The van der Waals surface area contributed by atoms with Crippen molar-refractivity contribution in [2.24, 2.45) is 0 Å². The maximum Gasteiger partial charge on any atom is 0.257 e. The number of likely N-dealkylation sites (N-methyl/N-ethyl adjacent to an activating group) is 1. The second kappa shape index (κ2) is 4.98. The maximum absolute atomic E-state index is 13.0. The number of hydrogen-bond acceptors (Lipinski definition) is 3. The van der Waals surface area contributed by atoms with E-state index in [1.165, 1.54) is 11.9 Å². The summed E-state index contributed by atoms with van der Waals surface area (Å²) in [7, 11) is 1.51. The van der Waals surface area contributed by atoms with Crippen molar-refractivity contribution in [3.63, 3.8) is 0 Å². The number of nitrogens with zero attached hydrogens (tertiary/aromatic N) is 2. The van der Waals surface area contributed by atoms with E-state index >= 15 is 0 Å². The normalized spacial score (nSPS) is 11.4. The third kappa shape index (κ3) is 2.92. The predicted molar refractivity (Wildman–Crippen MR) is 62.5 cm³/mol. The number of carbonyl (C=O) groups excluding carboxylic acids is 1. The summed E-state index contributed by atoms with van der Waals surface area (Å²) in [6.07, 6.45) is 0.941. The molecule has 1 heterocycles. The standard InChI is InChI=1S/C11H14ClFN2O2/c1-11(2,6-16)15(3)10(17)8-4-7(13)5-14-9(8)12/h4-5,16H,6H2,1-3H3. The number of hydrogen-bond donors (Lipinski definition) is 1. The Morgan fingerprint density at radius 1 is 1.65 bits per heavy atom. The minimum atomic E-state index is -0.757. The molecule has 0 unspecified atom stereocenters. The lowest BCUT2D eigenvalue weighted by atomic mass is 10.0. The van der Waals surface area contributed by atoms with E-state index in [2.05, 4.69) is 4.98 Å². The van der Waals surface area contributed by atoms with Crippen LogP contribution in [0.5, 0.6) is 0 Å². The third-order valence-electron chi connectivity index (χ3n) is 2.64. The number of aliphatic hydroxyl groups is 1. The van der Waals surface area contributed by atoms with Crippen LogP contribution < -0.4 is 0 Å². The smallest absolute Gasteiger partial charge is 0.257 e. The Balaban J connectivity index is 3.08. The van der Waals surface area contributed by atoms with Gasteiger partial charge < -0.3 is 10.0 Å². The van der Waals surface area contributed by atoms with Gasteiger partial charge in [0.05, 0.1) is 23.9 Å². The molecule has 17 heavy (non-hydrogen) atoms. The van der Waals surface area contributed by atoms with Crippen molar-refractivity contribution in [2.75, 3.05) is 13.7 Å². The van der Waals surface area contributed by atoms with Gasteiger partial charge in [-0.05, 0) is 19.9 Å². The lowest BCUT2D eigenvalue weighted by Crippen LogP contribution is -2.47. The first-order valence-corrected chi connectivity index (χ1v) is 5.37. The molecule has 0 aliphatic heterocycles. The summed E-state index contributed by atoms with van der Waals surface area (Å²) in [5, 5.41) is 9.11. The highest BCUT2D eigenvalue weighted by Crippen LogP contribution is 2.20. The molecule has 0 saturated carbocycles. The van der Waals surface area contributed by atoms with Crippen molar-refractivity contribution in [2.45, 2.75) is 19.4 Å². The Kier molecular flexibility index (Phi) is 4.06. The first-order valence-electron chi connectivity index (χ1n) is 4.99. The van der Waals surface area contributed by atoms with Crippen LogP contribution in [0.15, 0.2) is 12.3 Å². The van der Waals surface area contributed by atoms with Crippen molar-refractivity contribution in [1.29, 1.82) is 0 Å². The SMILES string of the molecule is CN(C(=O)c1cc(F)cnc1Cl)C(C)(C)CO. The van der Waals surface area contributed by atoms with Gasteiger partial charge in [0, 0.05) is 7.05 Å². The fraction of sp³-hybridized carbons (Fsp3) is 0.455. The number of aliphatic hydroxyl groups excluding tert-OH is 1. The van der Waals surface area contributed by atoms with Crippen molar-refractivity contribution < 1.29 is 14.3 Å². The van der Waals surface area contributed by atoms with Gasteiger partial charge in [0.2, 0.25) is 0 Å². The summed E-state index contributed by atoms with van der Waals surface area (Å²) >= 11 is 5.74. The molecule has 1 N–H and O–H groups in total. The Labute approximate surface area is 104 Å². The minimum Gasteiger partial charge on any atom is -0.394 e. The number of pyridine rings is 1. The number of halogens is 2. The van der Waals surface area contributed by atoms with Crippen molar-refractivity contribution >= 4 is 17.5 Å². The molecule has 1 aromatic heterocycles. The van der Waals surface area contributed by atoms with Crippen molar-refractivity contribution in [3.8, 4) is 0 Å². The average Bonchev–Trinajstić information content (AvgIpc) is 2.30. The maximum atomic E-state index is 13.0. The molecule has 0 radical (unpaired) electrons. The lowest BCUT2D eigenvalue weighted by Gasteiger charge is -2.34. The van der Waals surface area contributed by atoms with Gasteiger partial charge in [-0.25, -0.2) is 9.37 Å². The highest BCUT2D eigenvalue weighted by Gasteiger charge is 2.29. The highest BCUT2D eigenvalue weighted by atomic mass is 35.5. The van der Waals surface area contributed by atoms with Crippen LogP contribution in [0.3, 0.4) is 0 Å². The fourth-order valence-electron chi connectivity index (χ4n) is 1.13. The van der Waals surface area contributed by atoms with E-state index < -0.39 is 17.3 Å². The van der Waals surface area contributed by atoms with E-state index in [1.54, 1.807) is 13.8 Å². The minimum absolute atomic E-state index is 0.0179. The molecular weight excluding hydrogens is 247 g/mol. The quantitative estimate of drug-likeness (QED) is 0.842. The number of carbonyl (C=O) groups is 1. The average molecular weight is 261 g/mol. The summed E-state index contributed by atoms with van der Waals surface area (Å²) in [5.74, 6) is -1.12. The van der Waals surface area contributed by atoms with Crippen LogP contribution in [0.1, 0.15) is 24.2 Å². The highest BCUT2D eigenvalue weighted by molar-refractivity contribution is 6.32. The third-order valence-corrected chi connectivity index (χ3v) is 2.94. The molecule has 0 fully saturated rings. The molecule has 0 aromatic carbocycles. The number of aromatic nitrogens is 1. The van der Waals surface area contributed by atoms with Gasteiger partial charge in [-0.1, -0.05) is 11.6 Å². The first kappa shape index (κ1) is 13.9. The van der Waals surface area contributed by atoms with Crippen LogP contribution in [0.4, 0.5) is 4.39 Å². The van der Waals surface area contributed by atoms with Crippen LogP contribution in [-0.2, 0) is 0 Å². The van der Waals surface area contributed by atoms with E-state index in [-0.39, 0.29) is 17.3 Å². The largest absolute Gasteiger partial charge is 0.394 e. The number of amides is 1. The molecule has 0 spiro atoms. The van der Waals surface area contributed by atoms with Gasteiger partial charge in [0.15, 0.2) is 0 Å². The molecule has 0 aliphatic carbocycles. The zero-order valence-corrected chi connectivity index (χ0v) is 10.6. The van der Waals surface area contributed by atoms with E-state index in [1.807, 2.05) is 0 Å². The van der Waals surface area contributed by atoms with E-state index in [0.717, 1.165) is 12.3 Å². The van der Waals surface area contributed by atoms with Gasteiger partial charge in [-0.15, -0.1) is 0 Å². The molecule has 0 atom stereocenters. The molecule has 0 saturated heterocycles. The van der Waals surface area contributed by atoms with Gasteiger partial charge in [0.25, 0.3) is 5.91 Å². The molecular formula is C11H14ClFN2O2. The predicted octanol–water partition coefficient (Wildman–Crippen LogP) is 1.72. The van der Waals surface area contributed by atoms with Crippen LogP contribution in [0.2, 0.25) is 5.15 Å². The lowest BCUT2D eigenvalue weighted by molar-refractivity contribution is 0.0472. The van der Waals surface area contributed by atoms with Crippen molar-refractivity contribution in [1.82, 2.24) is 9.88 Å². The zero-order chi connectivity index (χ0) is 13.2. The molecule has 0 aliphatic rings. The molecule has 0 bridgehead atoms.